The third kappa shape index (κ3) is 3.98. The summed E-state index contributed by atoms with van der Waals surface area (Å²) < 4.78 is 2.27. The summed E-state index contributed by atoms with van der Waals surface area (Å²) in [6.45, 7) is 3.89. The van der Waals surface area contributed by atoms with Crippen molar-refractivity contribution in [3.63, 3.8) is 0 Å². The second-order valence-corrected chi connectivity index (χ2v) is 7.65. The Morgan fingerprint density at radius 2 is 1.75 bits per heavy atom. The van der Waals surface area contributed by atoms with Crippen molar-refractivity contribution in [2.24, 2.45) is 4.99 Å². The highest BCUT2D eigenvalue weighted by molar-refractivity contribution is 6.31. The van der Waals surface area contributed by atoms with Crippen LogP contribution in [-0.2, 0) is 6.54 Å². The molecule has 3 aromatic carbocycles. The summed E-state index contributed by atoms with van der Waals surface area (Å²) in [4.78, 5) is 4.84. The second kappa shape index (κ2) is 8.62. The van der Waals surface area contributed by atoms with Gasteiger partial charge in [0.1, 0.15) is 0 Å². The largest absolute Gasteiger partial charge is 0.343 e. The molecule has 0 amide bonds. The monoisotopic (exact) mass is 388 g/mol. The minimum absolute atomic E-state index is 0.752. The van der Waals surface area contributed by atoms with Crippen LogP contribution in [0.4, 0.5) is 0 Å². The first-order valence-electron chi connectivity index (χ1n) is 10.0. The lowest BCUT2D eigenvalue weighted by atomic mass is 10.0. The number of fused-ring (bicyclic) bond motifs is 2. The molecule has 28 heavy (non-hydrogen) atoms. The van der Waals surface area contributed by atoms with Crippen molar-refractivity contribution in [3.05, 3.63) is 88.9 Å². The Labute approximate surface area is 171 Å². The lowest BCUT2D eigenvalue weighted by Gasteiger charge is -2.14. The molecule has 1 heterocycles. The van der Waals surface area contributed by atoms with Crippen molar-refractivity contribution in [1.82, 2.24) is 4.57 Å². The van der Waals surface area contributed by atoms with Crippen LogP contribution < -0.4 is 5.36 Å². The quantitative estimate of drug-likeness (QED) is 0.331. The van der Waals surface area contributed by atoms with E-state index in [2.05, 4.69) is 72.3 Å². The molecular formula is C25H25ClN2. The molecule has 0 spiro atoms. The normalized spacial score (nSPS) is 12.1. The Kier molecular flexibility index (Phi) is 5.78. The Morgan fingerprint density at radius 1 is 0.893 bits per heavy atom. The van der Waals surface area contributed by atoms with Crippen molar-refractivity contribution in [1.29, 1.82) is 0 Å². The van der Waals surface area contributed by atoms with Gasteiger partial charge >= 0.3 is 0 Å². The van der Waals surface area contributed by atoms with E-state index in [4.69, 9.17) is 16.6 Å². The second-order valence-electron chi connectivity index (χ2n) is 7.22. The van der Waals surface area contributed by atoms with E-state index >= 15 is 0 Å². The van der Waals surface area contributed by atoms with Gasteiger partial charge in [0.15, 0.2) is 0 Å². The summed E-state index contributed by atoms with van der Waals surface area (Å²) in [6.07, 6.45) is 5.71. The van der Waals surface area contributed by atoms with Gasteiger partial charge < -0.3 is 4.57 Å². The number of hydrogen-bond donors (Lipinski definition) is 0. The number of hydrogen-bond acceptors (Lipinski definition) is 1. The average Bonchev–Trinajstić information content (AvgIpc) is 2.72. The molecule has 0 N–H and O–H groups in total. The van der Waals surface area contributed by atoms with Gasteiger partial charge in [-0.3, -0.25) is 4.99 Å². The molecule has 0 unspecified atom stereocenters. The van der Waals surface area contributed by atoms with Crippen LogP contribution in [0.25, 0.3) is 21.7 Å². The van der Waals surface area contributed by atoms with E-state index in [1.807, 2.05) is 12.1 Å². The molecule has 0 saturated carbocycles. The van der Waals surface area contributed by atoms with Gasteiger partial charge in [0.25, 0.3) is 0 Å². The Balaban J connectivity index is 1.78. The Morgan fingerprint density at radius 3 is 2.64 bits per heavy atom. The molecule has 4 rings (SSSR count). The highest BCUT2D eigenvalue weighted by atomic mass is 35.5. The Bertz CT molecular complexity index is 1170. The van der Waals surface area contributed by atoms with Crippen molar-refractivity contribution in [2.75, 3.05) is 6.54 Å². The summed E-state index contributed by atoms with van der Waals surface area (Å²) in [5, 5.41) is 5.52. The highest BCUT2D eigenvalue weighted by Crippen LogP contribution is 2.22. The summed E-state index contributed by atoms with van der Waals surface area (Å²) >= 11 is 6.34. The van der Waals surface area contributed by atoms with Crippen LogP contribution in [-0.4, -0.2) is 11.1 Å². The number of unbranched alkanes of at least 4 members (excludes halogenated alkanes) is 2. The smallest absolute Gasteiger partial charge is 0.0682 e. The van der Waals surface area contributed by atoms with E-state index in [9.17, 15) is 0 Å². The zero-order chi connectivity index (χ0) is 19.3. The number of nitrogens with zero attached hydrogens (tertiary/aromatic N) is 2. The maximum absolute atomic E-state index is 6.34. The molecule has 3 heteroatoms. The molecule has 0 aliphatic carbocycles. The molecule has 1 aromatic heterocycles. The lowest BCUT2D eigenvalue weighted by molar-refractivity contribution is 0.720. The molecule has 0 aliphatic rings. The predicted octanol–water partition coefficient (Wildman–Crippen LogP) is 6.59. The third-order valence-electron chi connectivity index (χ3n) is 5.22. The number of pyridine rings is 1. The molecule has 142 valence electrons. The topological polar surface area (TPSA) is 17.3 Å². The van der Waals surface area contributed by atoms with Crippen LogP contribution in [0.5, 0.6) is 0 Å². The first-order valence-corrected chi connectivity index (χ1v) is 10.4. The van der Waals surface area contributed by atoms with Crippen LogP contribution in [0.3, 0.4) is 0 Å². The van der Waals surface area contributed by atoms with E-state index in [1.54, 1.807) is 0 Å². The zero-order valence-electron chi connectivity index (χ0n) is 16.2. The minimum Gasteiger partial charge on any atom is -0.343 e. The molecule has 0 aliphatic heterocycles. The minimum atomic E-state index is 0.752. The van der Waals surface area contributed by atoms with Crippen LogP contribution in [0.15, 0.2) is 77.9 Å². The van der Waals surface area contributed by atoms with Crippen LogP contribution in [0.2, 0.25) is 5.02 Å². The lowest BCUT2D eigenvalue weighted by Crippen LogP contribution is -2.11. The molecule has 4 aromatic rings. The highest BCUT2D eigenvalue weighted by Gasteiger charge is 2.06. The summed E-state index contributed by atoms with van der Waals surface area (Å²) in [6, 6.07) is 23.3. The van der Waals surface area contributed by atoms with Gasteiger partial charge in [0, 0.05) is 29.7 Å². The van der Waals surface area contributed by atoms with Gasteiger partial charge in [-0.25, -0.2) is 0 Å². The zero-order valence-corrected chi connectivity index (χ0v) is 17.0. The number of halogens is 1. The molecule has 0 bridgehead atoms. The van der Waals surface area contributed by atoms with Crippen LogP contribution in [0, 0.1) is 0 Å². The fourth-order valence-corrected chi connectivity index (χ4v) is 3.91. The third-order valence-corrected chi connectivity index (χ3v) is 5.46. The van der Waals surface area contributed by atoms with Crippen molar-refractivity contribution < 1.29 is 0 Å². The first kappa shape index (κ1) is 18.8. The molecule has 0 atom stereocenters. The summed E-state index contributed by atoms with van der Waals surface area (Å²) in [5.41, 5.74) is 2.43. The van der Waals surface area contributed by atoms with Crippen LogP contribution >= 0.6 is 11.6 Å². The van der Waals surface area contributed by atoms with E-state index in [1.165, 1.54) is 29.2 Å². The fraction of sp³-hybridized carbons (Fsp3) is 0.240. The standard InChI is InChI=1S/C25H25ClN2/c1-2-3-6-15-27-24-14-16-28(25-17-21(26)12-13-23(24)25)18-20-10-7-9-19-8-4-5-11-22(19)20/h4-5,7-14,16-17H,2-3,6,15,18H2,1H3. The molecule has 2 nitrogen and oxygen atoms in total. The van der Waals surface area contributed by atoms with Crippen LogP contribution in [0.1, 0.15) is 31.7 Å². The Hall–Kier alpha value is -2.58. The van der Waals surface area contributed by atoms with E-state index in [-0.39, 0.29) is 0 Å². The predicted molar refractivity (Wildman–Crippen MR) is 120 cm³/mol. The first-order chi connectivity index (χ1) is 13.8. The average molecular weight is 389 g/mol. The van der Waals surface area contributed by atoms with Gasteiger partial charge in [-0.15, -0.1) is 0 Å². The molecule has 0 radical (unpaired) electrons. The molecule has 0 fully saturated rings. The van der Waals surface area contributed by atoms with Gasteiger partial charge in [-0.1, -0.05) is 73.8 Å². The van der Waals surface area contributed by atoms with Crippen molar-refractivity contribution >= 4 is 33.3 Å². The number of rotatable bonds is 6. The van der Waals surface area contributed by atoms with Crippen molar-refractivity contribution in [2.45, 2.75) is 32.7 Å². The summed E-state index contributed by atoms with van der Waals surface area (Å²) in [7, 11) is 0. The van der Waals surface area contributed by atoms with Gasteiger partial charge in [-0.2, -0.15) is 0 Å². The number of benzene rings is 3. The van der Waals surface area contributed by atoms with E-state index in [0.717, 1.165) is 40.8 Å². The van der Waals surface area contributed by atoms with E-state index < -0.39 is 0 Å². The fourth-order valence-electron chi connectivity index (χ4n) is 3.74. The van der Waals surface area contributed by atoms with Gasteiger partial charge in [0.2, 0.25) is 0 Å². The molecular weight excluding hydrogens is 364 g/mol. The summed E-state index contributed by atoms with van der Waals surface area (Å²) in [5.74, 6) is 0. The van der Waals surface area contributed by atoms with E-state index in [0.29, 0.717) is 0 Å². The number of aromatic nitrogens is 1. The molecule has 0 saturated heterocycles. The van der Waals surface area contributed by atoms with Gasteiger partial charge in [-0.05, 0) is 47.0 Å². The SMILES string of the molecule is CCCCCN=c1ccn(Cc2cccc3ccccc23)c2cc(Cl)ccc12. The maximum atomic E-state index is 6.34. The van der Waals surface area contributed by atoms with Crippen molar-refractivity contribution in [3.8, 4) is 0 Å². The van der Waals surface area contributed by atoms with Gasteiger partial charge in [0.05, 0.1) is 10.9 Å². The maximum Gasteiger partial charge on any atom is 0.0682 e.